The van der Waals surface area contributed by atoms with Gasteiger partial charge in [0.1, 0.15) is 4.32 Å². The Balaban J connectivity index is -0.000000480. The maximum atomic E-state index is 4.83. The van der Waals surface area contributed by atoms with Crippen molar-refractivity contribution in [1.29, 1.82) is 0 Å². The van der Waals surface area contributed by atoms with Crippen molar-refractivity contribution in [2.75, 3.05) is 5.32 Å². The zero-order valence-electron chi connectivity index (χ0n) is 9.79. The van der Waals surface area contributed by atoms with Gasteiger partial charge in [0.05, 0.1) is 0 Å². The van der Waals surface area contributed by atoms with Gasteiger partial charge in [-0.3, -0.25) is 0 Å². The molecule has 0 aliphatic heterocycles. The number of nitrogens with one attached hydrogen (secondary N) is 1. The van der Waals surface area contributed by atoms with Crippen molar-refractivity contribution in [3.8, 4) is 0 Å². The second-order valence-corrected chi connectivity index (χ2v) is 3.84. The van der Waals surface area contributed by atoms with Gasteiger partial charge < -0.3 is 8.17 Å². The summed E-state index contributed by atoms with van der Waals surface area (Å²) >= 11 is 8.84. The van der Waals surface area contributed by atoms with E-state index in [1.807, 2.05) is 12.1 Å². The molecule has 0 bridgehead atoms. The predicted octanol–water partition coefficient (Wildman–Crippen LogP) is 2.77. The molecule has 1 aromatic carbocycles. The molecule has 4 heteroatoms. The summed E-state index contributed by atoms with van der Waals surface area (Å²) in [6, 6.07) is 6.06. The van der Waals surface area contributed by atoms with E-state index >= 15 is 0 Å². The number of anilines is 1. The van der Waals surface area contributed by atoms with Crippen molar-refractivity contribution in [3.05, 3.63) is 29.3 Å². The summed E-state index contributed by atoms with van der Waals surface area (Å²) in [6.45, 7) is 4.13. The smallest absolute Gasteiger partial charge is 1.00 e. The first-order valence-corrected chi connectivity index (χ1v) is 4.53. The van der Waals surface area contributed by atoms with Crippen LogP contribution in [0.15, 0.2) is 18.2 Å². The van der Waals surface area contributed by atoms with Crippen LogP contribution in [0.5, 0.6) is 0 Å². The molecule has 0 saturated heterocycles. The molecule has 0 spiro atoms. The van der Waals surface area contributed by atoms with Crippen LogP contribution in [0, 0.1) is 13.8 Å². The Hall–Kier alpha value is 0.226. The Morgan fingerprint density at radius 1 is 1.46 bits per heavy atom. The molecule has 0 aliphatic rings. The largest absolute Gasteiger partial charge is 2.00 e. The van der Waals surface area contributed by atoms with Crippen molar-refractivity contribution in [2.24, 2.45) is 0 Å². The third-order valence-electron chi connectivity index (χ3n) is 1.85. The summed E-state index contributed by atoms with van der Waals surface area (Å²) in [6.07, 6.45) is 0. The molecule has 1 aromatic rings. The van der Waals surface area contributed by atoms with E-state index in [9.17, 15) is 0 Å². The zero-order valence-corrected chi connectivity index (χ0v) is 10.9. The summed E-state index contributed by atoms with van der Waals surface area (Å²) in [5.41, 5.74) is 3.51. The number of benzene rings is 1. The molecule has 0 aliphatic carbocycles. The third-order valence-corrected chi connectivity index (χ3v) is 2.06. The van der Waals surface area contributed by atoms with Crippen LogP contribution in [0.1, 0.15) is 14.0 Å². The van der Waals surface area contributed by atoms with Crippen LogP contribution in [0.2, 0.25) is 0 Å². The fourth-order valence-electron chi connectivity index (χ4n) is 1.00. The SMILES string of the molecule is Cc1cccc(NC(=S)S)c1C.[H-].[H-].[Mg+2]. The first-order chi connectivity index (χ1) is 5.61. The normalized spacial score (nSPS) is 8.85. The Kier molecular flexibility index (Phi) is 5.95. The molecule has 1 rings (SSSR count). The maximum absolute atomic E-state index is 4.83. The van der Waals surface area contributed by atoms with E-state index in [1.54, 1.807) is 0 Å². The minimum Gasteiger partial charge on any atom is -1.00 e. The molecule has 1 N–H and O–H groups in total. The molecule has 0 saturated carbocycles. The Morgan fingerprint density at radius 2 is 2.08 bits per heavy atom. The van der Waals surface area contributed by atoms with E-state index in [0.717, 1.165) is 5.69 Å². The number of aryl methyl sites for hydroxylation is 1. The van der Waals surface area contributed by atoms with Gasteiger partial charge in [0.2, 0.25) is 0 Å². The van der Waals surface area contributed by atoms with Crippen molar-refractivity contribution in [3.63, 3.8) is 0 Å². The molecule has 0 radical (unpaired) electrons. The van der Waals surface area contributed by atoms with Crippen molar-refractivity contribution < 1.29 is 2.85 Å². The van der Waals surface area contributed by atoms with Crippen molar-refractivity contribution in [2.45, 2.75) is 13.8 Å². The van der Waals surface area contributed by atoms with Crippen LogP contribution in [0.3, 0.4) is 0 Å². The van der Waals surface area contributed by atoms with Gasteiger partial charge in [-0.2, -0.15) is 0 Å². The van der Waals surface area contributed by atoms with Crippen molar-refractivity contribution in [1.82, 2.24) is 0 Å². The average Bonchev–Trinajstić information content (AvgIpc) is 1.98. The summed E-state index contributed by atoms with van der Waals surface area (Å²) in [5, 5.41) is 3.01. The first-order valence-electron chi connectivity index (χ1n) is 3.67. The van der Waals surface area contributed by atoms with E-state index in [-0.39, 0.29) is 25.9 Å². The monoisotopic (exact) mass is 223 g/mol. The molecule has 0 aromatic heterocycles. The zero-order chi connectivity index (χ0) is 9.14. The molecule has 0 unspecified atom stereocenters. The Labute approximate surface area is 109 Å². The van der Waals surface area contributed by atoms with Gasteiger partial charge in [-0.05, 0) is 31.0 Å². The summed E-state index contributed by atoms with van der Waals surface area (Å²) in [4.78, 5) is 0. The molecule has 0 amide bonds. The van der Waals surface area contributed by atoms with Crippen LogP contribution >= 0.6 is 24.8 Å². The van der Waals surface area contributed by atoms with E-state index in [4.69, 9.17) is 12.2 Å². The average molecular weight is 224 g/mol. The van der Waals surface area contributed by atoms with Gasteiger partial charge in [-0.25, -0.2) is 0 Å². The van der Waals surface area contributed by atoms with Crippen LogP contribution in [-0.2, 0) is 0 Å². The Bertz CT molecular complexity index is 321. The second-order valence-electron chi connectivity index (χ2n) is 2.68. The molecular formula is C9H13MgNS2. The van der Waals surface area contributed by atoms with Gasteiger partial charge in [-0.15, -0.1) is 12.6 Å². The second kappa shape index (κ2) is 5.85. The molecule has 68 valence electrons. The minimum absolute atomic E-state index is 0. The molecule has 13 heavy (non-hydrogen) atoms. The maximum Gasteiger partial charge on any atom is 2.00 e. The Morgan fingerprint density at radius 3 is 2.62 bits per heavy atom. The van der Waals surface area contributed by atoms with E-state index in [2.05, 4.69) is 37.9 Å². The third kappa shape index (κ3) is 3.85. The van der Waals surface area contributed by atoms with Crippen LogP contribution in [0.25, 0.3) is 0 Å². The molecule has 0 atom stereocenters. The van der Waals surface area contributed by atoms with Gasteiger partial charge in [-0.1, -0.05) is 24.4 Å². The molecule has 0 heterocycles. The number of thiol groups is 1. The summed E-state index contributed by atoms with van der Waals surface area (Å²) in [5.74, 6) is 0. The fraction of sp³-hybridized carbons (Fsp3) is 0.222. The van der Waals surface area contributed by atoms with E-state index in [1.165, 1.54) is 11.1 Å². The molecular weight excluding hydrogens is 211 g/mol. The van der Waals surface area contributed by atoms with Gasteiger partial charge in [0.15, 0.2) is 0 Å². The van der Waals surface area contributed by atoms with Crippen LogP contribution in [0.4, 0.5) is 5.69 Å². The fourth-order valence-corrected chi connectivity index (χ4v) is 1.23. The topological polar surface area (TPSA) is 12.0 Å². The van der Waals surface area contributed by atoms with Gasteiger partial charge in [0.25, 0.3) is 0 Å². The van der Waals surface area contributed by atoms with Crippen molar-refractivity contribution >= 4 is 57.9 Å². The molecule has 0 fully saturated rings. The quantitative estimate of drug-likeness (QED) is 0.431. The number of thiocarbonyl (C=S) groups is 1. The van der Waals surface area contributed by atoms with Crippen LogP contribution in [-0.4, -0.2) is 27.4 Å². The van der Waals surface area contributed by atoms with E-state index < -0.39 is 0 Å². The van der Waals surface area contributed by atoms with Crippen LogP contribution < -0.4 is 5.32 Å². The standard InChI is InChI=1S/C9H11NS2.Mg.2H/c1-6-4-3-5-8(7(6)2)10-9(11)12;;;/h3-5H,1-2H3,(H2,10,11,12);;;/q;+2;2*-1. The van der Waals surface area contributed by atoms with E-state index in [0.29, 0.717) is 4.32 Å². The summed E-state index contributed by atoms with van der Waals surface area (Å²) in [7, 11) is 0. The first kappa shape index (κ1) is 13.2. The summed E-state index contributed by atoms with van der Waals surface area (Å²) < 4.78 is 0.503. The predicted molar refractivity (Wildman–Crippen MR) is 69.1 cm³/mol. The van der Waals surface area contributed by atoms with Gasteiger partial charge >= 0.3 is 23.1 Å². The van der Waals surface area contributed by atoms with Gasteiger partial charge in [0, 0.05) is 5.69 Å². The molecule has 1 nitrogen and oxygen atoms in total. The number of rotatable bonds is 1. The minimum atomic E-state index is 0. The number of hydrogen-bond acceptors (Lipinski definition) is 1. The number of hydrogen-bond donors (Lipinski definition) is 2.